The van der Waals surface area contributed by atoms with E-state index in [9.17, 15) is 8.42 Å². The van der Waals surface area contributed by atoms with Gasteiger partial charge in [0, 0.05) is 6.54 Å². The third-order valence-corrected chi connectivity index (χ3v) is 13.7. The van der Waals surface area contributed by atoms with Gasteiger partial charge in [-0.15, -0.1) is 0 Å². The number of aryl methyl sites for hydroxylation is 1. The van der Waals surface area contributed by atoms with Crippen LogP contribution in [0.15, 0.2) is 102 Å². The Morgan fingerprint density at radius 3 is 1.91 bits per heavy atom. The van der Waals surface area contributed by atoms with Gasteiger partial charge in [-0.3, -0.25) is 0 Å². The van der Waals surface area contributed by atoms with Crippen molar-refractivity contribution in [1.82, 2.24) is 4.31 Å². The number of hydrogen-bond donors (Lipinski definition) is 0. The smallest absolute Gasteiger partial charge is 0.261 e. The molecular formula is C29H35NO3SSi. The topological polar surface area (TPSA) is 46.6 Å². The average molecular weight is 506 g/mol. The zero-order valence-electron chi connectivity index (χ0n) is 21.0. The van der Waals surface area contributed by atoms with Gasteiger partial charge in [0.15, 0.2) is 0 Å². The van der Waals surface area contributed by atoms with Crippen LogP contribution in [0.4, 0.5) is 0 Å². The number of hydrogen-bond acceptors (Lipinski definition) is 3. The van der Waals surface area contributed by atoms with E-state index in [4.69, 9.17) is 4.43 Å². The van der Waals surface area contributed by atoms with Crippen LogP contribution in [0.5, 0.6) is 0 Å². The highest BCUT2D eigenvalue weighted by atomic mass is 32.2. The second-order valence-corrected chi connectivity index (χ2v) is 16.4. The van der Waals surface area contributed by atoms with E-state index in [0.29, 0.717) is 24.5 Å². The number of benzene rings is 3. The Labute approximate surface area is 211 Å². The highest BCUT2D eigenvalue weighted by Crippen LogP contribution is 2.37. The van der Waals surface area contributed by atoms with Crippen LogP contribution in [0.2, 0.25) is 5.04 Å². The summed E-state index contributed by atoms with van der Waals surface area (Å²) in [7, 11) is -6.40. The van der Waals surface area contributed by atoms with E-state index in [1.807, 2.05) is 37.3 Å². The summed E-state index contributed by atoms with van der Waals surface area (Å²) in [6, 6.07) is 27.8. The van der Waals surface area contributed by atoms with E-state index in [1.54, 1.807) is 16.4 Å². The molecule has 35 heavy (non-hydrogen) atoms. The molecule has 0 bridgehead atoms. The van der Waals surface area contributed by atoms with E-state index in [-0.39, 0.29) is 11.1 Å². The van der Waals surface area contributed by atoms with Gasteiger partial charge in [-0.05, 0) is 40.9 Å². The van der Waals surface area contributed by atoms with Gasteiger partial charge in [0.2, 0.25) is 10.0 Å². The molecule has 1 unspecified atom stereocenters. The highest BCUT2D eigenvalue weighted by Gasteiger charge is 2.50. The molecule has 0 fully saturated rings. The largest absolute Gasteiger partial charge is 0.406 e. The average Bonchev–Trinajstić information content (AvgIpc) is 2.85. The summed E-state index contributed by atoms with van der Waals surface area (Å²) in [5, 5.41) is 2.22. The normalized spacial score (nSPS) is 17.4. The van der Waals surface area contributed by atoms with Gasteiger partial charge < -0.3 is 4.43 Å². The van der Waals surface area contributed by atoms with Gasteiger partial charge in [0.1, 0.15) is 0 Å². The molecular weight excluding hydrogens is 470 g/mol. The van der Waals surface area contributed by atoms with E-state index in [2.05, 4.69) is 75.4 Å². The zero-order chi connectivity index (χ0) is 25.1. The van der Waals surface area contributed by atoms with E-state index in [1.165, 1.54) is 10.4 Å². The molecule has 4 rings (SSSR count). The van der Waals surface area contributed by atoms with Gasteiger partial charge in [-0.1, -0.05) is 111 Å². The Kier molecular flexibility index (Phi) is 7.48. The van der Waals surface area contributed by atoms with Crippen LogP contribution in [-0.4, -0.2) is 40.2 Å². The van der Waals surface area contributed by atoms with Gasteiger partial charge >= 0.3 is 0 Å². The van der Waals surface area contributed by atoms with E-state index >= 15 is 0 Å². The molecule has 3 aromatic rings. The highest BCUT2D eigenvalue weighted by molar-refractivity contribution is 7.89. The molecule has 1 aliphatic heterocycles. The zero-order valence-corrected chi connectivity index (χ0v) is 22.8. The van der Waals surface area contributed by atoms with Crippen molar-refractivity contribution in [2.45, 2.75) is 50.1 Å². The maximum atomic E-state index is 13.6. The molecule has 4 nitrogen and oxygen atoms in total. The summed E-state index contributed by atoms with van der Waals surface area (Å²) in [6.45, 7) is 9.36. The van der Waals surface area contributed by atoms with Crippen LogP contribution in [0, 0.1) is 6.92 Å². The maximum absolute atomic E-state index is 13.6. The number of rotatable bonds is 7. The lowest BCUT2D eigenvalue weighted by atomic mass is 10.1. The van der Waals surface area contributed by atoms with Crippen LogP contribution >= 0.6 is 0 Å². The Bertz CT molecular complexity index is 1210. The molecule has 0 spiro atoms. The molecule has 0 radical (unpaired) electrons. The summed E-state index contributed by atoms with van der Waals surface area (Å²) in [5.41, 5.74) is 1.04. The molecule has 0 N–H and O–H groups in total. The van der Waals surface area contributed by atoms with Crippen molar-refractivity contribution < 1.29 is 12.8 Å². The monoisotopic (exact) mass is 505 g/mol. The summed E-state index contributed by atoms with van der Waals surface area (Å²) < 4.78 is 35.9. The summed E-state index contributed by atoms with van der Waals surface area (Å²) in [5.74, 6) is 0. The molecule has 0 aromatic heterocycles. The predicted molar refractivity (Wildman–Crippen MR) is 146 cm³/mol. The fourth-order valence-electron chi connectivity index (χ4n) is 4.97. The van der Waals surface area contributed by atoms with E-state index < -0.39 is 18.3 Å². The van der Waals surface area contributed by atoms with E-state index in [0.717, 1.165) is 5.56 Å². The minimum atomic E-state index is -3.64. The van der Waals surface area contributed by atoms with Gasteiger partial charge in [0.05, 0.1) is 17.5 Å². The molecule has 3 aromatic carbocycles. The summed E-state index contributed by atoms with van der Waals surface area (Å²) in [4.78, 5) is 0.328. The van der Waals surface area contributed by atoms with Crippen LogP contribution < -0.4 is 10.4 Å². The first-order valence-corrected chi connectivity index (χ1v) is 15.5. The van der Waals surface area contributed by atoms with Crippen LogP contribution in [0.3, 0.4) is 0 Å². The lowest BCUT2D eigenvalue weighted by Gasteiger charge is -2.44. The number of nitrogens with zero attached hydrogens (tertiary/aromatic N) is 1. The Morgan fingerprint density at radius 1 is 0.857 bits per heavy atom. The molecule has 0 amide bonds. The SMILES string of the molecule is Cc1ccc(S(=O)(=O)N2CC=CCC2CO[Si](c2ccccc2)(c2ccccc2)C(C)(C)C)cc1. The maximum Gasteiger partial charge on any atom is 0.261 e. The van der Waals surface area contributed by atoms with Crippen molar-refractivity contribution in [1.29, 1.82) is 0 Å². The van der Waals surface area contributed by atoms with Gasteiger partial charge in [-0.2, -0.15) is 4.31 Å². The molecule has 1 heterocycles. The minimum absolute atomic E-state index is 0.166. The lowest BCUT2D eigenvalue weighted by Crippen LogP contribution is -2.67. The molecule has 0 aliphatic carbocycles. The first-order chi connectivity index (χ1) is 16.7. The Balaban J connectivity index is 1.73. The Hall–Kier alpha value is -2.51. The van der Waals surface area contributed by atoms with Crippen molar-refractivity contribution in [3.63, 3.8) is 0 Å². The molecule has 1 aliphatic rings. The Morgan fingerprint density at radius 2 is 1.40 bits per heavy atom. The van der Waals surface area contributed by atoms with Crippen LogP contribution in [0.25, 0.3) is 0 Å². The molecule has 0 saturated carbocycles. The molecule has 184 valence electrons. The summed E-state index contributed by atoms with van der Waals surface area (Å²) in [6.07, 6.45) is 4.63. The van der Waals surface area contributed by atoms with Crippen molar-refractivity contribution in [3.05, 3.63) is 103 Å². The lowest BCUT2D eigenvalue weighted by molar-refractivity contribution is 0.198. The first-order valence-electron chi connectivity index (χ1n) is 12.1. The predicted octanol–water partition coefficient (Wildman–Crippen LogP) is 4.89. The van der Waals surface area contributed by atoms with Crippen molar-refractivity contribution in [2.75, 3.05) is 13.2 Å². The second-order valence-electron chi connectivity index (χ2n) is 10.2. The standard InChI is InChI=1S/C29H35NO3SSi/c1-24-18-20-26(21-19-24)34(31,32)30-22-12-11-13-25(30)23-33-35(29(2,3)4,27-14-7-5-8-15-27)28-16-9-6-10-17-28/h5-12,14-21,25H,13,22-23H2,1-4H3. The minimum Gasteiger partial charge on any atom is -0.406 e. The third-order valence-electron chi connectivity index (χ3n) is 6.80. The van der Waals surface area contributed by atoms with Gasteiger partial charge in [0.25, 0.3) is 8.32 Å². The van der Waals surface area contributed by atoms with Crippen LogP contribution in [-0.2, 0) is 14.4 Å². The van der Waals surface area contributed by atoms with Crippen LogP contribution in [0.1, 0.15) is 32.8 Å². The molecule has 1 atom stereocenters. The molecule has 0 saturated heterocycles. The number of sulfonamides is 1. The van der Waals surface area contributed by atoms with Crippen molar-refractivity contribution in [3.8, 4) is 0 Å². The van der Waals surface area contributed by atoms with Gasteiger partial charge in [-0.25, -0.2) is 8.42 Å². The molecule has 6 heteroatoms. The van der Waals surface area contributed by atoms with Crippen molar-refractivity contribution >= 4 is 28.7 Å². The fraction of sp³-hybridized carbons (Fsp3) is 0.310. The fourth-order valence-corrected chi connectivity index (χ4v) is 11.1. The van der Waals surface area contributed by atoms with Crippen molar-refractivity contribution in [2.24, 2.45) is 0 Å². The third kappa shape index (κ3) is 5.07. The summed E-state index contributed by atoms with van der Waals surface area (Å²) >= 11 is 0. The first kappa shape index (κ1) is 25.6. The second kappa shape index (κ2) is 10.2. The quantitative estimate of drug-likeness (QED) is 0.339.